The van der Waals surface area contributed by atoms with Crippen molar-refractivity contribution < 1.29 is 4.74 Å². The lowest BCUT2D eigenvalue weighted by Crippen LogP contribution is -2.01. The quantitative estimate of drug-likeness (QED) is 0.839. The molecule has 0 heterocycles. The Morgan fingerprint density at radius 1 is 1.21 bits per heavy atom. The van der Waals surface area contributed by atoms with Crippen molar-refractivity contribution >= 4 is 33.2 Å². The summed E-state index contributed by atoms with van der Waals surface area (Å²) in [6.45, 7) is 1.34. The summed E-state index contributed by atoms with van der Waals surface area (Å²) >= 11 is 9.52. The van der Waals surface area contributed by atoms with Crippen molar-refractivity contribution in [2.45, 2.75) is 13.2 Å². The predicted octanol–water partition coefficient (Wildman–Crippen LogP) is 4.86. The van der Waals surface area contributed by atoms with E-state index in [1.807, 2.05) is 36.4 Å². The highest BCUT2D eigenvalue weighted by atomic mass is 79.9. The normalized spacial score (nSPS) is 10.5. The number of nitrogens with one attached hydrogen (secondary N) is 1. The monoisotopic (exact) mass is 339 g/mol. The van der Waals surface area contributed by atoms with Gasteiger partial charge in [0.05, 0.1) is 6.61 Å². The summed E-state index contributed by atoms with van der Waals surface area (Å²) in [5, 5.41) is 4.13. The Morgan fingerprint density at radius 2 is 2.05 bits per heavy atom. The van der Waals surface area contributed by atoms with Crippen LogP contribution in [0.2, 0.25) is 5.02 Å². The van der Waals surface area contributed by atoms with Crippen LogP contribution in [0.3, 0.4) is 0 Å². The highest BCUT2D eigenvalue weighted by Crippen LogP contribution is 2.22. The highest BCUT2D eigenvalue weighted by Gasteiger charge is 2.01. The summed E-state index contributed by atoms with van der Waals surface area (Å²) in [5.41, 5.74) is 3.35. The highest BCUT2D eigenvalue weighted by molar-refractivity contribution is 9.10. The molecule has 2 aromatic rings. The molecule has 0 spiro atoms. The molecular formula is C15H15BrClNO. The van der Waals surface area contributed by atoms with Crippen LogP contribution in [0, 0.1) is 0 Å². The molecule has 0 aliphatic rings. The molecule has 0 unspecified atom stereocenters. The summed E-state index contributed by atoms with van der Waals surface area (Å²) in [6.07, 6.45) is 0. The van der Waals surface area contributed by atoms with Crippen LogP contribution in [-0.2, 0) is 17.9 Å². The summed E-state index contributed by atoms with van der Waals surface area (Å²) in [6, 6.07) is 14.0. The van der Waals surface area contributed by atoms with Gasteiger partial charge in [-0.25, -0.2) is 0 Å². The van der Waals surface area contributed by atoms with Gasteiger partial charge in [0.15, 0.2) is 0 Å². The van der Waals surface area contributed by atoms with Crippen molar-refractivity contribution in [2.75, 3.05) is 12.4 Å². The molecule has 0 saturated heterocycles. The molecule has 0 saturated carbocycles. The molecule has 2 aromatic carbocycles. The Labute approximate surface area is 126 Å². The smallest absolute Gasteiger partial charge is 0.0713 e. The second kappa shape index (κ2) is 6.94. The van der Waals surface area contributed by atoms with Crippen molar-refractivity contribution in [3.63, 3.8) is 0 Å². The molecule has 1 N–H and O–H groups in total. The van der Waals surface area contributed by atoms with Gasteiger partial charge >= 0.3 is 0 Å². The average molecular weight is 341 g/mol. The molecular weight excluding hydrogens is 326 g/mol. The predicted molar refractivity (Wildman–Crippen MR) is 83.6 cm³/mol. The minimum absolute atomic E-state index is 0.621. The molecule has 0 bridgehead atoms. The molecule has 2 rings (SSSR count). The second-order valence-electron chi connectivity index (χ2n) is 4.22. The second-order valence-corrected chi connectivity index (χ2v) is 5.51. The zero-order chi connectivity index (χ0) is 13.7. The lowest BCUT2D eigenvalue weighted by Gasteiger charge is -2.10. The summed E-state index contributed by atoms with van der Waals surface area (Å²) < 4.78 is 6.18. The van der Waals surface area contributed by atoms with Crippen LogP contribution in [0.1, 0.15) is 11.1 Å². The van der Waals surface area contributed by atoms with Crippen LogP contribution in [-0.4, -0.2) is 7.11 Å². The molecule has 100 valence electrons. The Balaban J connectivity index is 2.05. The van der Waals surface area contributed by atoms with E-state index in [1.54, 1.807) is 7.11 Å². The van der Waals surface area contributed by atoms with Crippen molar-refractivity contribution in [3.8, 4) is 0 Å². The third-order valence-corrected chi connectivity index (χ3v) is 3.74. The zero-order valence-electron chi connectivity index (χ0n) is 10.6. The lowest BCUT2D eigenvalue weighted by atomic mass is 10.2. The van der Waals surface area contributed by atoms with Gasteiger partial charge in [-0.3, -0.25) is 0 Å². The Hall–Kier alpha value is -1.03. The first kappa shape index (κ1) is 14.4. The maximum Gasteiger partial charge on any atom is 0.0713 e. The van der Waals surface area contributed by atoms with Gasteiger partial charge in [-0.1, -0.05) is 39.7 Å². The van der Waals surface area contributed by atoms with E-state index >= 15 is 0 Å². The third kappa shape index (κ3) is 4.23. The number of rotatable bonds is 5. The van der Waals surface area contributed by atoms with E-state index in [1.165, 1.54) is 0 Å². The lowest BCUT2D eigenvalue weighted by molar-refractivity contribution is 0.185. The van der Waals surface area contributed by atoms with E-state index < -0.39 is 0 Å². The topological polar surface area (TPSA) is 21.3 Å². The first-order valence-corrected chi connectivity index (χ1v) is 7.12. The van der Waals surface area contributed by atoms with Crippen LogP contribution in [0.25, 0.3) is 0 Å². The van der Waals surface area contributed by atoms with Gasteiger partial charge < -0.3 is 10.1 Å². The largest absolute Gasteiger partial charge is 0.381 e. The van der Waals surface area contributed by atoms with Gasteiger partial charge in [-0.05, 0) is 41.5 Å². The third-order valence-electron chi connectivity index (χ3n) is 2.73. The van der Waals surface area contributed by atoms with E-state index in [2.05, 4.69) is 27.3 Å². The molecule has 19 heavy (non-hydrogen) atoms. The van der Waals surface area contributed by atoms with E-state index in [9.17, 15) is 0 Å². The molecule has 0 amide bonds. The fourth-order valence-corrected chi connectivity index (χ4v) is 2.40. The first-order chi connectivity index (χ1) is 9.19. The minimum Gasteiger partial charge on any atom is -0.381 e. The average Bonchev–Trinajstić information content (AvgIpc) is 2.41. The molecule has 0 atom stereocenters. The molecule has 0 aliphatic carbocycles. The number of anilines is 1. The van der Waals surface area contributed by atoms with Crippen molar-refractivity contribution in [3.05, 3.63) is 63.1 Å². The van der Waals surface area contributed by atoms with Crippen LogP contribution >= 0.6 is 27.5 Å². The van der Waals surface area contributed by atoms with Crippen LogP contribution in [0.15, 0.2) is 46.9 Å². The van der Waals surface area contributed by atoms with E-state index in [4.69, 9.17) is 16.3 Å². The Kier molecular flexibility index (Phi) is 5.25. The fourth-order valence-electron chi connectivity index (χ4n) is 1.81. The summed E-state index contributed by atoms with van der Waals surface area (Å²) in [4.78, 5) is 0. The Bertz CT molecular complexity index is 560. The van der Waals surface area contributed by atoms with E-state index in [0.29, 0.717) is 6.61 Å². The van der Waals surface area contributed by atoms with Gasteiger partial charge in [0.2, 0.25) is 0 Å². The van der Waals surface area contributed by atoms with Gasteiger partial charge in [0.25, 0.3) is 0 Å². The van der Waals surface area contributed by atoms with E-state index in [0.717, 1.165) is 32.9 Å². The van der Waals surface area contributed by atoms with Crippen molar-refractivity contribution in [2.24, 2.45) is 0 Å². The molecule has 0 radical (unpaired) electrons. The minimum atomic E-state index is 0.621. The van der Waals surface area contributed by atoms with Crippen molar-refractivity contribution in [1.29, 1.82) is 0 Å². The maximum atomic E-state index is 6.00. The van der Waals surface area contributed by atoms with E-state index in [-0.39, 0.29) is 0 Å². The first-order valence-electron chi connectivity index (χ1n) is 5.94. The molecule has 2 nitrogen and oxygen atoms in total. The maximum absolute atomic E-state index is 6.00. The molecule has 0 aromatic heterocycles. The Morgan fingerprint density at radius 3 is 2.84 bits per heavy atom. The van der Waals surface area contributed by atoms with Gasteiger partial charge in [-0.2, -0.15) is 0 Å². The number of benzene rings is 2. The van der Waals surface area contributed by atoms with Gasteiger partial charge in [0, 0.05) is 28.8 Å². The summed E-state index contributed by atoms with van der Waals surface area (Å²) in [5.74, 6) is 0. The fraction of sp³-hybridized carbons (Fsp3) is 0.200. The molecule has 0 fully saturated rings. The van der Waals surface area contributed by atoms with Gasteiger partial charge in [-0.15, -0.1) is 0 Å². The zero-order valence-corrected chi connectivity index (χ0v) is 13.0. The molecule has 0 aliphatic heterocycles. The SMILES string of the molecule is COCc1cccc(NCc2cc(Cl)ccc2Br)c1. The van der Waals surface area contributed by atoms with Crippen LogP contribution in [0.5, 0.6) is 0 Å². The standard InChI is InChI=1S/C15H15BrClNO/c1-19-10-11-3-2-4-14(7-11)18-9-12-8-13(17)5-6-15(12)16/h2-8,18H,9-10H2,1H3. The number of methoxy groups -OCH3 is 1. The number of halogens is 2. The number of hydrogen-bond donors (Lipinski definition) is 1. The van der Waals surface area contributed by atoms with Crippen LogP contribution in [0.4, 0.5) is 5.69 Å². The van der Waals surface area contributed by atoms with Gasteiger partial charge in [0.1, 0.15) is 0 Å². The number of hydrogen-bond acceptors (Lipinski definition) is 2. The summed E-state index contributed by atoms with van der Waals surface area (Å²) in [7, 11) is 1.70. The molecule has 4 heteroatoms. The van der Waals surface area contributed by atoms with Crippen LogP contribution < -0.4 is 5.32 Å². The number of ether oxygens (including phenoxy) is 1. The van der Waals surface area contributed by atoms with Crippen molar-refractivity contribution in [1.82, 2.24) is 0 Å².